The van der Waals surface area contributed by atoms with E-state index in [0.717, 1.165) is 32.2 Å². The van der Waals surface area contributed by atoms with E-state index in [9.17, 15) is 4.79 Å². The average Bonchev–Trinajstić information content (AvgIpc) is 2.46. The molecular weight excluding hydrogens is 250 g/mol. The van der Waals surface area contributed by atoms with E-state index in [4.69, 9.17) is 0 Å². The molecule has 2 fully saturated rings. The minimum Gasteiger partial charge on any atom is -0.340 e. The summed E-state index contributed by atoms with van der Waals surface area (Å²) in [6, 6.07) is 1.41. The molecule has 2 rings (SSSR count). The Kier molecular flexibility index (Phi) is 5.44. The zero-order valence-electron chi connectivity index (χ0n) is 13.6. The number of carbonyl (C=O) groups is 1. The normalized spacial score (nSPS) is 23.8. The first-order valence-electron chi connectivity index (χ1n) is 8.26. The molecule has 2 aliphatic heterocycles. The van der Waals surface area contributed by atoms with Crippen LogP contribution in [0.3, 0.4) is 0 Å². The zero-order chi connectivity index (χ0) is 14.7. The third-order valence-corrected chi connectivity index (χ3v) is 4.87. The van der Waals surface area contributed by atoms with Crippen LogP contribution in [0.25, 0.3) is 0 Å². The first-order chi connectivity index (χ1) is 9.49. The van der Waals surface area contributed by atoms with Gasteiger partial charge in [0.2, 0.25) is 5.91 Å². The van der Waals surface area contributed by atoms with Crippen LogP contribution in [0.15, 0.2) is 0 Å². The molecule has 4 nitrogen and oxygen atoms in total. The van der Waals surface area contributed by atoms with Crippen LogP contribution in [0, 0.1) is 5.92 Å². The summed E-state index contributed by atoms with van der Waals surface area (Å²) in [4.78, 5) is 19.2. The van der Waals surface area contributed by atoms with Crippen LogP contribution in [0.2, 0.25) is 0 Å². The molecule has 0 radical (unpaired) electrons. The van der Waals surface area contributed by atoms with Gasteiger partial charge in [0.15, 0.2) is 0 Å². The van der Waals surface area contributed by atoms with Gasteiger partial charge >= 0.3 is 0 Å². The Bertz CT molecular complexity index is 314. The Morgan fingerprint density at radius 3 is 1.90 bits per heavy atom. The number of hydrogen-bond acceptors (Lipinski definition) is 3. The molecule has 0 aromatic carbocycles. The summed E-state index contributed by atoms with van der Waals surface area (Å²) in [5.41, 5.74) is 0. The number of hydrogen-bond donors (Lipinski definition) is 0. The van der Waals surface area contributed by atoms with E-state index in [1.165, 1.54) is 25.9 Å². The van der Waals surface area contributed by atoms with Crippen LogP contribution < -0.4 is 0 Å². The first kappa shape index (κ1) is 15.8. The average molecular weight is 281 g/mol. The standard InChI is InChI=1S/C16H31N3O/c1-13(2)16(20)19-11-9-18(10-12-19)15-5-7-17(8-6-15)14(3)4/h13-15H,5-12H2,1-4H3. The number of piperidine rings is 1. The van der Waals surface area contributed by atoms with Gasteiger partial charge in [0.05, 0.1) is 0 Å². The molecule has 2 heterocycles. The first-order valence-corrected chi connectivity index (χ1v) is 8.26. The number of rotatable bonds is 3. The molecule has 116 valence electrons. The molecule has 4 heteroatoms. The predicted molar refractivity (Wildman–Crippen MR) is 82.7 cm³/mol. The van der Waals surface area contributed by atoms with E-state index in [1.54, 1.807) is 0 Å². The summed E-state index contributed by atoms with van der Waals surface area (Å²) in [5, 5.41) is 0. The van der Waals surface area contributed by atoms with Gasteiger partial charge in [-0.1, -0.05) is 13.8 Å². The number of nitrogens with zero attached hydrogens (tertiary/aromatic N) is 3. The molecule has 0 bridgehead atoms. The fraction of sp³-hybridized carbons (Fsp3) is 0.938. The van der Waals surface area contributed by atoms with E-state index < -0.39 is 0 Å². The third kappa shape index (κ3) is 3.73. The Morgan fingerprint density at radius 2 is 1.45 bits per heavy atom. The lowest BCUT2D eigenvalue weighted by Gasteiger charge is -2.43. The maximum absolute atomic E-state index is 12.0. The Morgan fingerprint density at radius 1 is 0.900 bits per heavy atom. The van der Waals surface area contributed by atoms with Gasteiger partial charge in [-0.3, -0.25) is 9.69 Å². The van der Waals surface area contributed by atoms with Gasteiger partial charge in [0.1, 0.15) is 0 Å². The summed E-state index contributed by atoms with van der Waals surface area (Å²) in [6.45, 7) is 15.0. The predicted octanol–water partition coefficient (Wildman–Crippen LogP) is 1.66. The second-order valence-electron chi connectivity index (χ2n) is 6.88. The van der Waals surface area contributed by atoms with Crippen molar-refractivity contribution in [3.05, 3.63) is 0 Å². The smallest absolute Gasteiger partial charge is 0.225 e. The molecule has 20 heavy (non-hydrogen) atoms. The highest BCUT2D eigenvalue weighted by Crippen LogP contribution is 2.20. The second-order valence-corrected chi connectivity index (χ2v) is 6.88. The van der Waals surface area contributed by atoms with Crippen LogP contribution in [0.5, 0.6) is 0 Å². The monoisotopic (exact) mass is 281 g/mol. The van der Waals surface area contributed by atoms with Gasteiger partial charge in [0, 0.05) is 44.2 Å². The molecule has 0 unspecified atom stereocenters. The van der Waals surface area contributed by atoms with Crippen molar-refractivity contribution >= 4 is 5.91 Å². The van der Waals surface area contributed by atoms with Crippen LogP contribution in [0.1, 0.15) is 40.5 Å². The van der Waals surface area contributed by atoms with E-state index in [1.807, 2.05) is 18.7 Å². The summed E-state index contributed by atoms with van der Waals surface area (Å²) >= 11 is 0. The molecule has 0 atom stereocenters. The van der Waals surface area contributed by atoms with Gasteiger partial charge < -0.3 is 9.80 Å². The van der Waals surface area contributed by atoms with Gasteiger partial charge in [-0.25, -0.2) is 0 Å². The molecule has 1 amide bonds. The second kappa shape index (κ2) is 6.90. The molecule has 0 spiro atoms. The summed E-state index contributed by atoms with van der Waals surface area (Å²) in [7, 11) is 0. The van der Waals surface area contributed by atoms with E-state index in [-0.39, 0.29) is 5.92 Å². The molecular formula is C16H31N3O. The third-order valence-electron chi connectivity index (χ3n) is 4.87. The van der Waals surface area contributed by atoms with Gasteiger partial charge in [-0.05, 0) is 39.8 Å². The molecule has 0 aliphatic carbocycles. The highest BCUT2D eigenvalue weighted by atomic mass is 16.2. The molecule has 2 aliphatic rings. The minimum absolute atomic E-state index is 0.135. The van der Waals surface area contributed by atoms with E-state index in [0.29, 0.717) is 11.9 Å². The van der Waals surface area contributed by atoms with Gasteiger partial charge in [-0.15, -0.1) is 0 Å². The summed E-state index contributed by atoms with van der Waals surface area (Å²) in [6.07, 6.45) is 2.58. The lowest BCUT2D eigenvalue weighted by molar-refractivity contribution is -0.136. The quantitative estimate of drug-likeness (QED) is 0.787. The van der Waals surface area contributed by atoms with Gasteiger partial charge in [0.25, 0.3) is 0 Å². The molecule has 0 aromatic heterocycles. The Labute approximate surface area is 124 Å². The van der Waals surface area contributed by atoms with Crippen molar-refractivity contribution in [1.82, 2.24) is 14.7 Å². The fourth-order valence-electron chi connectivity index (χ4n) is 3.44. The number of carbonyl (C=O) groups excluding carboxylic acids is 1. The summed E-state index contributed by atoms with van der Waals surface area (Å²) < 4.78 is 0. The van der Waals surface area contributed by atoms with E-state index in [2.05, 4.69) is 23.6 Å². The maximum atomic E-state index is 12.0. The minimum atomic E-state index is 0.135. The number of amides is 1. The topological polar surface area (TPSA) is 26.8 Å². The van der Waals surface area contributed by atoms with Crippen molar-refractivity contribution < 1.29 is 4.79 Å². The lowest BCUT2D eigenvalue weighted by atomic mass is 10.0. The van der Waals surface area contributed by atoms with Crippen molar-refractivity contribution in [1.29, 1.82) is 0 Å². The highest BCUT2D eigenvalue weighted by Gasteiger charge is 2.29. The number of likely N-dealkylation sites (tertiary alicyclic amines) is 1. The SMILES string of the molecule is CC(C)C(=O)N1CCN(C2CCN(C(C)C)CC2)CC1. The lowest BCUT2D eigenvalue weighted by Crippen LogP contribution is -2.55. The molecule has 0 saturated carbocycles. The number of piperazine rings is 1. The fourth-order valence-corrected chi connectivity index (χ4v) is 3.44. The summed E-state index contributed by atoms with van der Waals surface area (Å²) in [5.74, 6) is 0.454. The highest BCUT2D eigenvalue weighted by molar-refractivity contribution is 5.78. The van der Waals surface area contributed by atoms with Crippen molar-refractivity contribution in [2.75, 3.05) is 39.3 Å². The molecule has 0 aromatic rings. The Balaban J connectivity index is 1.76. The van der Waals surface area contributed by atoms with E-state index >= 15 is 0 Å². The molecule has 2 saturated heterocycles. The van der Waals surface area contributed by atoms with Crippen LogP contribution >= 0.6 is 0 Å². The maximum Gasteiger partial charge on any atom is 0.225 e. The van der Waals surface area contributed by atoms with Crippen LogP contribution in [-0.4, -0.2) is 72.0 Å². The Hall–Kier alpha value is -0.610. The van der Waals surface area contributed by atoms with Gasteiger partial charge in [-0.2, -0.15) is 0 Å². The zero-order valence-corrected chi connectivity index (χ0v) is 13.6. The largest absolute Gasteiger partial charge is 0.340 e. The van der Waals surface area contributed by atoms with Crippen LogP contribution in [-0.2, 0) is 4.79 Å². The van der Waals surface area contributed by atoms with Crippen molar-refractivity contribution in [2.24, 2.45) is 5.92 Å². The van der Waals surface area contributed by atoms with Crippen molar-refractivity contribution in [3.63, 3.8) is 0 Å². The van der Waals surface area contributed by atoms with Crippen molar-refractivity contribution in [3.8, 4) is 0 Å². The van der Waals surface area contributed by atoms with Crippen molar-refractivity contribution in [2.45, 2.75) is 52.6 Å². The van der Waals surface area contributed by atoms with Crippen LogP contribution in [0.4, 0.5) is 0 Å². The molecule has 0 N–H and O–H groups in total.